The number of aliphatic carboxylic acids is 1. The number of nitrogens with one attached hydrogen (secondary N) is 1. The Morgan fingerprint density at radius 3 is 2.45 bits per heavy atom. The number of hydrogen-bond acceptors (Lipinski definition) is 9. The summed E-state index contributed by atoms with van der Waals surface area (Å²) in [5.41, 5.74) is 0. The Labute approximate surface area is 121 Å². The van der Waals surface area contributed by atoms with E-state index in [1.807, 2.05) is 0 Å². The summed E-state index contributed by atoms with van der Waals surface area (Å²) in [5.74, 6) is -3.19. The van der Waals surface area contributed by atoms with Gasteiger partial charge >= 0.3 is 24.0 Å². The van der Waals surface area contributed by atoms with Crippen molar-refractivity contribution in [1.29, 1.82) is 0 Å². The molecule has 1 atom stereocenters. The third-order valence-electron chi connectivity index (χ3n) is 1.50. The molecule has 0 saturated heterocycles. The molecule has 0 aliphatic heterocycles. The summed E-state index contributed by atoms with van der Waals surface area (Å²) in [7, 11) is 2.06. The molecule has 0 rings (SSSR count). The number of carbonyl (C=O) groups excluding carboxylic acids is 3. The van der Waals surface area contributed by atoms with Crippen molar-refractivity contribution in [2.45, 2.75) is 13.0 Å². The highest BCUT2D eigenvalue weighted by molar-refractivity contribution is 8.76. The second kappa shape index (κ2) is 10.3. The zero-order chi connectivity index (χ0) is 15.5. The minimum atomic E-state index is -1.32. The van der Waals surface area contributed by atoms with Crippen LogP contribution >= 0.6 is 21.6 Å². The van der Waals surface area contributed by atoms with Crippen LogP contribution in [0.3, 0.4) is 0 Å². The third kappa shape index (κ3) is 9.47. The quantitative estimate of drug-likeness (QED) is 0.177. The molecule has 0 aromatic rings. The van der Waals surface area contributed by atoms with E-state index < -0.39 is 36.7 Å². The highest BCUT2D eigenvalue weighted by atomic mass is 33.1. The Hall–Kier alpha value is -1.46. The van der Waals surface area contributed by atoms with Gasteiger partial charge in [-0.1, -0.05) is 21.6 Å². The maximum absolute atomic E-state index is 11.3. The molecule has 0 saturated carbocycles. The molecule has 0 aliphatic rings. The van der Waals surface area contributed by atoms with Crippen molar-refractivity contribution >= 4 is 45.6 Å². The van der Waals surface area contributed by atoms with Crippen LogP contribution in [0.2, 0.25) is 0 Å². The summed E-state index contributed by atoms with van der Waals surface area (Å²) in [6.07, 6.45) is -2.38. The van der Waals surface area contributed by atoms with Crippen molar-refractivity contribution in [3.63, 3.8) is 0 Å². The van der Waals surface area contributed by atoms with Crippen LogP contribution in [0.4, 0.5) is 4.79 Å². The first-order valence-corrected chi connectivity index (χ1v) is 7.61. The molecule has 20 heavy (non-hydrogen) atoms. The van der Waals surface area contributed by atoms with Crippen LogP contribution < -0.4 is 5.32 Å². The molecular weight excluding hydrogens is 314 g/mol. The van der Waals surface area contributed by atoms with E-state index in [-0.39, 0.29) is 11.6 Å². The Morgan fingerprint density at radius 2 is 1.90 bits per heavy atom. The number of aliphatic hydroxyl groups excluding tert-OH is 1. The van der Waals surface area contributed by atoms with Gasteiger partial charge in [0, 0.05) is 0 Å². The van der Waals surface area contributed by atoms with E-state index in [1.54, 1.807) is 0 Å². The monoisotopic (exact) mass is 327 g/mol. The molecule has 0 fully saturated rings. The van der Waals surface area contributed by atoms with Crippen molar-refractivity contribution in [3.05, 3.63) is 0 Å². The molecule has 0 heterocycles. The largest absolute Gasteiger partial charge is 0.481 e. The molecule has 9 nitrogen and oxygen atoms in total. The number of aliphatic hydroxyl groups is 1. The van der Waals surface area contributed by atoms with E-state index >= 15 is 0 Å². The number of alkyl carbamates (subject to hydrolysis) is 1. The molecule has 0 radical (unpaired) electrons. The summed E-state index contributed by atoms with van der Waals surface area (Å²) in [6.45, 7) is 0.294. The maximum atomic E-state index is 11.3. The number of ether oxygens (including phenoxy) is 2. The van der Waals surface area contributed by atoms with Gasteiger partial charge in [0.2, 0.25) is 0 Å². The van der Waals surface area contributed by atoms with Gasteiger partial charge in [-0.2, -0.15) is 0 Å². The zero-order valence-corrected chi connectivity index (χ0v) is 12.0. The minimum Gasteiger partial charge on any atom is -0.481 e. The predicted octanol–water partition coefficient (Wildman–Crippen LogP) is -0.413. The highest BCUT2D eigenvalue weighted by Crippen LogP contribution is 2.18. The third-order valence-corrected chi connectivity index (χ3v) is 3.50. The Bertz CT molecular complexity index is 375. The lowest BCUT2D eigenvalue weighted by Crippen LogP contribution is -2.33. The first-order chi connectivity index (χ1) is 9.36. The smallest absolute Gasteiger partial charge is 0.415 e. The van der Waals surface area contributed by atoms with Crippen LogP contribution in [-0.4, -0.2) is 58.6 Å². The second-order valence-electron chi connectivity index (χ2n) is 3.09. The summed E-state index contributed by atoms with van der Waals surface area (Å²) in [4.78, 5) is 43.2. The Balaban J connectivity index is 3.82. The van der Waals surface area contributed by atoms with Crippen molar-refractivity contribution in [2.75, 3.05) is 18.2 Å². The fraction of sp³-hybridized carbons (Fsp3) is 0.556. The standard InChI is InChI=1S/C9H13NO8S2/c1-5(17-7(14)2-11)8(15)18-9(16)10-4-20-19-3-6(12)13/h5,11H,2-4H2,1H3,(H,10,16)(H,12,13). The number of amides is 1. The van der Waals surface area contributed by atoms with Crippen LogP contribution in [0, 0.1) is 0 Å². The van der Waals surface area contributed by atoms with E-state index in [9.17, 15) is 19.2 Å². The van der Waals surface area contributed by atoms with Crippen LogP contribution in [0.5, 0.6) is 0 Å². The van der Waals surface area contributed by atoms with Gasteiger partial charge in [0.25, 0.3) is 0 Å². The number of carboxylic acids is 1. The summed E-state index contributed by atoms with van der Waals surface area (Å²) < 4.78 is 8.71. The van der Waals surface area contributed by atoms with Gasteiger partial charge in [0.05, 0.1) is 5.88 Å². The lowest BCUT2D eigenvalue weighted by atomic mass is 10.4. The molecule has 11 heteroatoms. The highest BCUT2D eigenvalue weighted by Gasteiger charge is 2.21. The molecule has 114 valence electrons. The van der Waals surface area contributed by atoms with E-state index in [0.717, 1.165) is 21.6 Å². The SMILES string of the molecule is CC(OC(=O)CO)C(=O)OC(=O)NCSSCC(=O)O. The van der Waals surface area contributed by atoms with Gasteiger partial charge in [-0.05, 0) is 6.92 Å². The first-order valence-electron chi connectivity index (χ1n) is 5.13. The van der Waals surface area contributed by atoms with Crippen molar-refractivity contribution in [1.82, 2.24) is 5.32 Å². The average Bonchev–Trinajstić information content (AvgIpc) is 2.37. The van der Waals surface area contributed by atoms with E-state index in [0.29, 0.717) is 0 Å². The van der Waals surface area contributed by atoms with Gasteiger partial charge in [-0.3, -0.25) is 4.79 Å². The van der Waals surface area contributed by atoms with E-state index in [2.05, 4.69) is 14.8 Å². The first kappa shape index (κ1) is 18.5. The molecule has 1 amide bonds. The second-order valence-corrected chi connectivity index (χ2v) is 5.56. The molecular formula is C9H13NO8S2. The fourth-order valence-electron chi connectivity index (χ4n) is 0.715. The van der Waals surface area contributed by atoms with Gasteiger partial charge in [-0.15, -0.1) is 0 Å². The normalized spacial score (nSPS) is 11.3. The van der Waals surface area contributed by atoms with E-state index in [4.69, 9.17) is 10.2 Å². The molecule has 0 spiro atoms. The predicted molar refractivity (Wildman–Crippen MR) is 69.8 cm³/mol. The van der Waals surface area contributed by atoms with Gasteiger partial charge in [0.15, 0.2) is 6.10 Å². The van der Waals surface area contributed by atoms with Crippen LogP contribution in [0.1, 0.15) is 6.92 Å². The van der Waals surface area contributed by atoms with E-state index in [1.165, 1.54) is 6.92 Å². The maximum Gasteiger partial charge on any atom is 0.415 e. The number of carbonyl (C=O) groups is 4. The van der Waals surface area contributed by atoms with Gasteiger partial charge < -0.3 is 25.0 Å². The molecule has 1 unspecified atom stereocenters. The Kier molecular flexibility index (Phi) is 9.59. The lowest BCUT2D eigenvalue weighted by molar-refractivity contribution is -0.164. The van der Waals surface area contributed by atoms with Gasteiger partial charge in [-0.25, -0.2) is 14.4 Å². The van der Waals surface area contributed by atoms with Crippen LogP contribution in [-0.2, 0) is 23.9 Å². The molecule has 0 aliphatic carbocycles. The van der Waals surface area contributed by atoms with Crippen molar-refractivity contribution < 1.29 is 38.9 Å². The summed E-state index contributed by atoms with van der Waals surface area (Å²) in [6, 6.07) is 0. The van der Waals surface area contributed by atoms with Gasteiger partial charge in [0.1, 0.15) is 12.4 Å². The minimum absolute atomic E-state index is 0.0366. The number of hydrogen-bond donors (Lipinski definition) is 3. The molecule has 3 N–H and O–H groups in total. The zero-order valence-electron chi connectivity index (χ0n) is 10.4. The number of carboxylic acid groups (broad SMARTS) is 1. The fourth-order valence-corrected chi connectivity index (χ4v) is 2.14. The average molecular weight is 327 g/mol. The topological polar surface area (TPSA) is 139 Å². The van der Waals surface area contributed by atoms with Crippen molar-refractivity contribution in [2.24, 2.45) is 0 Å². The van der Waals surface area contributed by atoms with Crippen molar-refractivity contribution in [3.8, 4) is 0 Å². The van der Waals surface area contributed by atoms with Crippen LogP contribution in [0.25, 0.3) is 0 Å². The molecule has 0 aromatic carbocycles. The number of esters is 2. The number of rotatable bonds is 8. The van der Waals surface area contributed by atoms with Crippen LogP contribution in [0.15, 0.2) is 0 Å². The molecule has 0 bridgehead atoms. The molecule has 0 aromatic heterocycles. The summed E-state index contributed by atoms with van der Waals surface area (Å²) in [5, 5.41) is 18.9. The Morgan fingerprint density at radius 1 is 1.25 bits per heavy atom. The lowest BCUT2D eigenvalue weighted by Gasteiger charge is -2.11. The summed E-state index contributed by atoms with van der Waals surface area (Å²) >= 11 is 0.